The Morgan fingerprint density at radius 3 is 2.68 bits per heavy atom. The van der Waals surface area contributed by atoms with Gasteiger partial charge in [-0.1, -0.05) is 36.4 Å². The highest BCUT2D eigenvalue weighted by Crippen LogP contribution is 2.09. The summed E-state index contributed by atoms with van der Waals surface area (Å²) < 4.78 is 0. The normalized spacial score (nSPS) is 12.9. The zero-order valence-corrected chi connectivity index (χ0v) is 13.6. The van der Waals surface area contributed by atoms with Gasteiger partial charge >= 0.3 is 0 Å². The van der Waals surface area contributed by atoms with Crippen molar-refractivity contribution in [2.75, 3.05) is 13.1 Å². The van der Waals surface area contributed by atoms with E-state index in [9.17, 15) is 5.11 Å². The average molecular weight is 317 g/mol. The maximum Gasteiger partial charge on any atom is 0.191 e. The van der Waals surface area contributed by atoms with Gasteiger partial charge in [0.05, 0.1) is 12.6 Å². The molecule has 0 fully saturated rings. The number of aliphatic imine (C=N–C) groups is 1. The molecule has 0 amide bonds. The Labute approximate surface area is 135 Å². The lowest BCUT2D eigenvalue weighted by atomic mass is 10.1. The number of hydrogen-bond donors (Lipinski definition) is 3. The molecule has 0 aliphatic carbocycles. The van der Waals surface area contributed by atoms with E-state index in [4.69, 9.17) is 0 Å². The zero-order chi connectivity index (χ0) is 15.6. The van der Waals surface area contributed by atoms with Crippen LogP contribution in [-0.2, 0) is 13.0 Å². The molecule has 2 aromatic rings. The van der Waals surface area contributed by atoms with Crippen LogP contribution in [0, 0.1) is 0 Å². The van der Waals surface area contributed by atoms with Crippen LogP contribution in [0.2, 0.25) is 0 Å². The molecule has 3 N–H and O–H groups in total. The first-order chi connectivity index (χ1) is 10.8. The molecule has 0 radical (unpaired) electrons. The Hall–Kier alpha value is -1.85. The van der Waals surface area contributed by atoms with Crippen LogP contribution < -0.4 is 10.6 Å². The van der Waals surface area contributed by atoms with Gasteiger partial charge in [-0.05, 0) is 23.9 Å². The number of aliphatic hydroxyl groups is 1. The lowest BCUT2D eigenvalue weighted by Crippen LogP contribution is -2.41. The van der Waals surface area contributed by atoms with Crippen molar-refractivity contribution in [2.24, 2.45) is 4.99 Å². The second kappa shape index (κ2) is 9.23. The first-order valence-corrected chi connectivity index (χ1v) is 8.42. The highest BCUT2D eigenvalue weighted by molar-refractivity contribution is 7.09. The predicted octanol–water partition coefficient (Wildman–Crippen LogP) is 2.41. The fourth-order valence-corrected chi connectivity index (χ4v) is 2.70. The molecule has 5 heteroatoms. The van der Waals surface area contributed by atoms with Gasteiger partial charge in [-0.2, -0.15) is 0 Å². The van der Waals surface area contributed by atoms with Gasteiger partial charge in [0.2, 0.25) is 0 Å². The molecule has 0 spiro atoms. The number of aliphatic hydroxyl groups excluding tert-OH is 1. The SMILES string of the molecule is CCNC(=NCc1cccs1)NCC(O)Cc1ccccc1. The summed E-state index contributed by atoms with van der Waals surface area (Å²) in [6.07, 6.45) is 0.200. The molecule has 0 saturated heterocycles. The summed E-state index contributed by atoms with van der Waals surface area (Å²) in [7, 11) is 0. The molecule has 0 aliphatic heterocycles. The topological polar surface area (TPSA) is 56.7 Å². The quantitative estimate of drug-likeness (QED) is 0.543. The highest BCUT2D eigenvalue weighted by atomic mass is 32.1. The minimum Gasteiger partial charge on any atom is -0.391 e. The van der Waals surface area contributed by atoms with Gasteiger partial charge in [-0.15, -0.1) is 11.3 Å². The predicted molar refractivity (Wildman–Crippen MR) is 93.3 cm³/mol. The number of nitrogens with zero attached hydrogens (tertiary/aromatic N) is 1. The molecule has 1 aromatic carbocycles. The van der Waals surface area contributed by atoms with Gasteiger partial charge in [-0.3, -0.25) is 0 Å². The van der Waals surface area contributed by atoms with Gasteiger partial charge in [0.15, 0.2) is 5.96 Å². The number of benzene rings is 1. The molecule has 2 rings (SSSR count). The molecule has 1 atom stereocenters. The van der Waals surface area contributed by atoms with Crippen molar-refractivity contribution >= 4 is 17.3 Å². The number of thiophene rings is 1. The van der Waals surface area contributed by atoms with Crippen molar-refractivity contribution in [3.05, 3.63) is 58.3 Å². The van der Waals surface area contributed by atoms with E-state index in [0.29, 0.717) is 19.5 Å². The molecule has 118 valence electrons. The monoisotopic (exact) mass is 317 g/mol. The molecule has 1 heterocycles. The number of rotatable bonds is 7. The Bertz CT molecular complexity index is 555. The lowest BCUT2D eigenvalue weighted by molar-refractivity contribution is 0.177. The van der Waals surface area contributed by atoms with E-state index in [1.165, 1.54) is 4.88 Å². The summed E-state index contributed by atoms with van der Waals surface area (Å²) in [5.74, 6) is 0.739. The van der Waals surface area contributed by atoms with E-state index in [1.807, 2.05) is 43.3 Å². The summed E-state index contributed by atoms with van der Waals surface area (Å²) >= 11 is 1.70. The van der Waals surface area contributed by atoms with Crippen LogP contribution in [0.15, 0.2) is 52.8 Å². The minimum atomic E-state index is -0.437. The van der Waals surface area contributed by atoms with Crippen molar-refractivity contribution in [3.8, 4) is 0 Å². The van der Waals surface area contributed by atoms with Gasteiger partial charge in [0, 0.05) is 24.4 Å². The van der Waals surface area contributed by atoms with Crippen molar-refractivity contribution in [1.29, 1.82) is 0 Å². The van der Waals surface area contributed by atoms with Crippen LogP contribution in [0.5, 0.6) is 0 Å². The van der Waals surface area contributed by atoms with E-state index in [1.54, 1.807) is 11.3 Å². The first kappa shape index (κ1) is 16.5. The Morgan fingerprint density at radius 1 is 1.18 bits per heavy atom. The highest BCUT2D eigenvalue weighted by Gasteiger charge is 2.06. The summed E-state index contributed by atoms with van der Waals surface area (Å²) in [5.41, 5.74) is 1.14. The van der Waals surface area contributed by atoms with Crippen molar-refractivity contribution < 1.29 is 5.11 Å². The van der Waals surface area contributed by atoms with Gasteiger partial charge < -0.3 is 15.7 Å². The maximum atomic E-state index is 10.1. The van der Waals surface area contributed by atoms with E-state index < -0.39 is 6.10 Å². The molecule has 4 nitrogen and oxygen atoms in total. The van der Waals surface area contributed by atoms with Crippen LogP contribution in [0.1, 0.15) is 17.4 Å². The summed E-state index contributed by atoms with van der Waals surface area (Å²) in [5, 5.41) is 18.6. The third-order valence-electron chi connectivity index (χ3n) is 3.14. The summed E-state index contributed by atoms with van der Waals surface area (Å²) in [6, 6.07) is 14.1. The fourth-order valence-electron chi connectivity index (χ4n) is 2.07. The molecule has 1 aromatic heterocycles. The molecular weight excluding hydrogens is 294 g/mol. The molecule has 0 bridgehead atoms. The number of nitrogens with one attached hydrogen (secondary N) is 2. The fraction of sp³-hybridized carbons (Fsp3) is 0.353. The van der Waals surface area contributed by atoms with Crippen LogP contribution in [-0.4, -0.2) is 30.3 Å². The van der Waals surface area contributed by atoms with Gasteiger partial charge in [0.25, 0.3) is 0 Å². The van der Waals surface area contributed by atoms with Crippen molar-refractivity contribution in [2.45, 2.75) is 26.0 Å². The maximum absolute atomic E-state index is 10.1. The molecule has 0 aliphatic rings. The third-order valence-corrected chi connectivity index (χ3v) is 4.00. The van der Waals surface area contributed by atoms with E-state index in [-0.39, 0.29) is 0 Å². The zero-order valence-electron chi connectivity index (χ0n) is 12.8. The van der Waals surface area contributed by atoms with Crippen molar-refractivity contribution in [1.82, 2.24) is 10.6 Å². The standard InChI is InChI=1S/C17H23N3OS/c1-2-18-17(20-13-16-9-6-10-22-16)19-12-15(21)11-14-7-4-3-5-8-14/h3-10,15,21H,2,11-13H2,1H3,(H2,18,19,20). The summed E-state index contributed by atoms with van der Waals surface area (Å²) in [6.45, 7) is 3.96. The molecular formula is C17H23N3OS. The third kappa shape index (κ3) is 5.87. The smallest absolute Gasteiger partial charge is 0.191 e. The Balaban J connectivity index is 1.81. The van der Waals surface area contributed by atoms with Crippen LogP contribution in [0.4, 0.5) is 0 Å². The molecule has 22 heavy (non-hydrogen) atoms. The van der Waals surface area contributed by atoms with Gasteiger partial charge in [0.1, 0.15) is 0 Å². The lowest BCUT2D eigenvalue weighted by Gasteiger charge is -2.15. The molecule has 1 unspecified atom stereocenters. The summed E-state index contributed by atoms with van der Waals surface area (Å²) in [4.78, 5) is 5.75. The Morgan fingerprint density at radius 2 is 2.00 bits per heavy atom. The van der Waals surface area contributed by atoms with Crippen LogP contribution >= 0.6 is 11.3 Å². The van der Waals surface area contributed by atoms with E-state index >= 15 is 0 Å². The largest absolute Gasteiger partial charge is 0.391 e. The first-order valence-electron chi connectivity index (χ1n) is 7.54. The van der Waals surface area contributed by atoms with Gasteiger partial charge in [-0.25, -0.2) is 4.99 Å². The average Bonchev–Trinajstić information content (AvgIpc) is 3.04. The minimum absolute atomic E-state index is 0.437. The van der Waals surface area contributed by atoms with E-state index in [2.05, 4.69) is 27.1 Å². The molecule has 0 saturated carbocycles. The van der Waals surface area contributed by atoms with Crippen molar-refractivity contribution in [3.63, 3.8) is 0 Å². The number of hydrogen-bond acceptors (Lipinski definition) is 3. The van der Waals surface area contributed by atoms with Crippen LogP contribution in [0.3, 0.4) is 0 Å². The van der Waals surface area contributed by atoms with E-state index in [0.717, 1.165) is 18.1 Å². The number of guanidine groups is 1. The van der Waals surface area contributed by atoms with Crippen LogP contribution in [0.25, 0.3) is 0 Å². The Kier molecular flexibility index (Phi) is 6.93. The second-order valence-corrected chi connectivity index (χ2v) is 6.03. The second-order valence-electron chi connectivity index (χ2n) is 5.00.